The predicted molar refractivity (Wildman–Crippen MR) is 79.8 cm³/mol. The van der Waals surface area contributed by atoms with Gasteiger partial charge in [0.2, 0.25) is 0 Å². The number of hydrogen-bond donors (Lipinski definition) is 1. The Labute approximate surface area is 116 Å². The molecule has 1 aliphatic carbocycles. The second kappa shape index (κ2) is 4.43. The summed E-state index contributed by atoms with van der Waals surface area (Å²) in [5.41, 5.74) is 2.82. The second-order valence-corrected chi connectivity index (χ2v) is 7.23. The van der Waals surface area contributed by atoms with Crippen molar-refractivity contribution in [1.29, 1.82) is 0 Å². The van der Waals surface area contributed by atoms with E-state index in [0.29, 0.717) is 17.6 Å². The van der Waals surface area contributed by atoms with Crippen molar-refractivity contribution in [3.05, 3.63) is 23.8 Å². The van der Waals surface area contributed by atoms with Crippen LogP contribution in [0.4, 0.5) is 5.69 Å². The number of fused-ring (bicyclic) bond motifs is 2. The highest BCUT2D eigenvalue weighted by molar-refractivity contribution is 5.62. The normalized spacial score (nSPS) is 29.8. The predicted octanol–water partition coefficient (Wildman–Crippen LogP) is 4.38. The fraction of sp³-hybridized carbons (Fsp3) is 0.647. The van der Waals surface area contributed by atoms with E-state index in [-0.39, 0.29) is 0 Å². The maximum Gasteiger partial charge on any atom is 0.145 e. The largest absolute Gasteiger partial charge is 0.486 e. The average Bonchev–Trinajstić information content (AvgIpc) is 2.35. The fourth-order valence-electron chi connectivity index (χ4n) is 3.50. The lowest BCUT2D eigenvalue weighted by molar-refractivity contribution is 0.0695. The molecule has 19 heavy (non-hydrogen) atoms. The van der Waals surface area contributed by atoms with Gasteiger partial charge in [-0.05, 0) is 49.1 Å². The van der Waals surface area contributed by atoms with Gasteiger partial charge in [-0.3, -0.25) is 0 Å². The molecule has 3 rings (SSSR count). The van der Waals surface area contributed by atoms with Crippen molar-refractivity contribution in [3.8, 4) is 5.75 Å². The van der Waals surface area contributed by atoms with Gasteiger partial charge in [-0.15, -0.1) is 0 Å². The highest BCUT2D eigenvalue weighted by Crippen LogP contribution is 2.44. The number of aryl methyl sites for hydroxylation is 1. The van der Waals surface area contributed by atoms with Crippen LogP contribution in [0.3, 0.4) is 0 Å². The second-order valence-electron chi connectivity index (χ2n) is 7.23. The quantitative estimate of drug-likeness (QED) is 0.746. The molecule has 1 fully saturated rings. The SMILES string of the molecule is Cc1cccc2c1OC1CCC(C(C)(C)C)CC1N2. The Morgan fingerprint density at radius 3 is 2.74 bits per heavy atom. The molecule has 2 heteroatoms. The molecule has 3 unspecified atom stereocenters. The molecule has 0 saturated heterocycles. The van der Waals surface area contributed by atoms with Gasteiger partial charge in [0.1, 0.15) is 11.9 Å². The smallest absolute Gasteiger partial charge is 0.145 e. The van der Waals surface area contributed by atoms with Crippen LogP contribution in [0.2, 0.25) is 0 Å². The van der Waals surface area contributed by atoms with Gasteiger partial charge in [0.05, 0.1) is 11.7 Å². The third-order valence-corrected chi connectivity index (χ3v) is 4.83. The van der Waals surface area contributed by atoms with E-state index in [1.165, 1.54) is 30.5 Å². The van der Waals surface area contributed by atoms with E-state index in [0.717, 1.165) is 11.7 Å². The molecule has 1 saturated carbocycles. The number of hydrogen-bond acceptors (Lipinski definition) is 2. The maximum absolute atomic E-state index is 6.27. The summed E-state index contributed by atoms with van der Waals surface area (Å²) in [5.74, 6) is 1.86. The van der Waals surface area contributed by atoms with Gasteiger partial charge in [-0.1, -0.05) is 32.9 Å². The third-order valence-electron chi connectivity index (χ3n) is 4.83. The molecule has 0 bridgehead atoms. The van der Waals surface area contributed by atoms with Gasteiger partial charge < -0.3 is 10.1 Å². The highest BCUT2D eigenvalue weighted by atomic mass is 16.5. The van der Waals surface area contributed by atoms with Crippen LogP contribution in [-0.4, -0.2) is 12.1 Å². The number of para-hydroxylation sites is 1. The monoisotopic (exact) mass is 259 g/mol. The van der Waals surface area contributed by atoms with Crippen molar-refractivity contribution < 1.29 is 4.74 Å². The van der Waals surface area contributed by atoms with E-state index >= 15 is 0 Å². The Balaban J connectivity index is 1.82. The molecule has 1 N–H and O–H groups in total. The van der Waals surface area contributed by atoms with Crippen molar-refractivity contribution in [2.45, 2.75) is 59.1 Å². The first-order chi connectivity index (χ1) is 8.95. The van der Waals surface area contributed by atoms with Crippen LogP contribution in [0.1, 0.15) is 45.6 Å². The molecule has 0 radical (unpaired) electrons. The summed E-state index contributed by atoms with van der Waals surface area (Å²) >= 11 is 0. The topological polar surface area (TPSA) is 21.3 Å². The van der Waals surface area contributed by atoms with Crippen molar-refractivity contribution in [1.82, 2.24) is 0 Å². The zero-order valence-corrected chi connectivity index (χ0v) is 12.5. The number of benzene rings is 1. The molecule has 2 nitrogen and oxygen atoms in total. The molecular weight excluding hydrogens is 234 g/mol. The zero-order valence-electron chi connectivity index (χ0n) is 12.5. The molecule has 0 amide bonds. The fourth-order valence-corrected chi connectivity index (χ4v) is 3.50. The van der Waals surface area contributed by atoms with Crippen LogP contribution in [0.5, 0.6) is 5.75 Å². The molecule has 0 spiro atoms. The lowest BCUT2D eigenvalue weighted by Gasteiger charge is -2.45. The first-order valence-corrected chi connectivity index (χ1v) is 7.48. The Hall–Kier alpha value is -1.18. The van der Waals surface area contributed by atoms with E-state index in [9.17, 15) is 0 Å². The minimum atomic E-state index is 0.354. The number of rotatable bonds is 0. The van der Waals surface area contributed by atoms with E-state index < -0.39 is 0 Å². The molecule has 2 aliphatic rings. The van der Waals surface area contributed by atoms with Crippen molar-refractivity contribution >= 4 is 5.69 Å². The molecular formula is C17H25NO. The first-order valence-electron chi connectivity index (χ1n) is 7.48. The molecule has 1 aromatic rings. The molecule has 104 valence electrons. The summed E-state index contributed by atoms with van der Waals surface area (Å²) in [5, 5.41) is 3.72. The molecule has 1 aromatic carbocycles. The number of anilines is 1. The Morgan fingerprint density at radius 2 is 2.00 bits per heavy atom. The van der Waals surface area contributed by atoms with Gasteiger partial charge >= 0.3 is 0 Å². The minimum absolute atomic E-state index is 0.354. The van der Waals surface area contributed by atoms with Crippen LogP contribution < -0.4 is 10.1 Å². The highest BCUT2D eigenvalue weighted by Gasteiger charge is 2.39. The van der Waals surface area contributed by atoms with Crippen LogP contribution in [0.25, 0.3) is 0 Å². The Morgan fingerprint density at radius 1 is 1.21 bits per heavy atom. The van der Waals surface area contributed by atoms with Gasteiger partial charge in [-0.25, -0.2) is 0 Å². The third kappa shape index (κ3) is 2.33. The summed E-state index contributed by atoms with van der Waals surface area (Å²) in [4.78, 5) is 0. The van der Waals surface area contributed by atoms with Crippen LogP contribution in [0, 0.1) is 18.3 Å². The van der Waals surface area contributed by atoms with Crippen molar-refractivity contribution in [3.63, 3.8) is 0 Å². The Kier molecular flexibility index (Phi) is 2.99. The Bertz CT molecular complexity index is 475. The van der Waals surface area contributed by atoms with E-state index in [4.69, 9.17) is 4.74 Å². The van der Waals surface area contributed by atoms with Gasteiger partial charge in [0.15, 0.2) is 0 Å². The summed E-state index contributed by atoms with van der Waals surface area (Å²) < 4.78 is 6.27. The lowest BCUT2D eigenvalue weighted by atomic mass is 9.70. The van der Waals surface area contributed by atoms with Gasteiger partial charge in [-0.2, -0.15) is 0 Å². The minimum Gasteiger partial charge on any atom is -0.486 e. The molecule has 3 atom stereocenters. The molecule has 1 heterocycles. The summed E-state index contributed by atoms with van der Waals surface area (Å²) in [6, 6.07) is 6.85. The van der Waals surface area contributed by atoms with Crippen LogP contribution in [-0.2, 0) is 0 Å². The van der Waals surface area contributed by atoms with E-state index in [1.807, 2.05) is 0 Å². The maximum atomic E-state index is 6.27. The number of ether oxygens (including phenoxy) is 1. The van der Waals surface area contributed by atoms with E-state index in [1.54, 1.807) is 0 Å². The van der Waals surface area contributed by atoms with Gasteiger partial charge in [0.25, 0.3) is 0 Å². The summed E-state index contributed by atoms with van der Waals surface area (Å²) in [6.07, 6.45) is 4.04. The lowest BCUT2D eigenvalue weighted by Crippen LogP contribution is -2.47. The number of nitrogens with one attached hydrogen (secondary N) is 1. The van der Waals surface area contributed by atoms with Gasteiger partial charge in [0, 0.05) is 0 Å². The van der Waals surface area contributed by atoms with Crippen LogP contribution in [0.15, 0.2) is 18.2 Å². The summed E-state index contributed by atoms with van der Waals surface area (Å²) in [7, 11) is 0. The van der Waals surface area contributed by atoms with Crippen LogP contribution >= 0.6 is 0 Å². The molecule has 1 aliphatic heterocycles. The average molecular weight is 259 g/mol. The van der Waals surface area contributed by atoms with Crippen molar-refractivity contribution in [2.75, 3.05) is 5.32 Å². The standard InChI is InChI=1S/C17H25NO/c1-11-6-5-7-13-16(11)19-15-9-8-12(17(2,3)4)10-14(15)18-13/h5-7,12,14-15,18H,8-10H2,1-4H3. The first kappa shape index (κ1) is 12.8. The molecule has 0 aromatic heterocycles. The van der Waals surface area contributed by atoms with Crippen molar-refractivity contribution in [2.24, 2.45) is 11.3 Å². The van der Waals surface area contributed by atoms with E-state index in [2.05, 4.69) is 51.2 Å². The summed E-state index contributed by atoms with van der Waals surface area (Å²) in [6.45, 7) is 9.21. The zero-order chi connectivity index (χ0) is 13.6.